The highest BCUT2D eigenvalue weighted by molar-refractivity contribution is 7.10. The average Bonchev–Trinajstić information content (AvgIpc) is 2.94. The van der Waals surface area contributed by atoms with Gasteiger partial charge < -0.3 is 5.73 Å². The van der Waals surface area contributed by atoms with E-state index in [1.54, 1.807) is 0 Å². The minimum atomic E-state index is -0.348. The molecule has 1 atom stereocenters. The van der Waals surface area contributed by atoms with E-state index < -0.39 is 0 Å². The summed E-state index contributed by atoms with van der Waals surface area (Å²) in [5.41, 5.74) is 7.91. The first-order valence-electron chi connectivity index (χ1n) is 6.98. The number of benzene rings is 1. The lowest BCUT2D eigenvalue weighted by Crippen LogP contribution is -2.31. The molecule has 3 nitrogen and oxygen atoms in total. The summed E-state index contributed by atoms with van der Waals surface area (Å²) >= 11 is 1.53. The molecular formula is C16H20N2OS. The predicted molar refractivity (Wildman–Crippen MR) is 83.8 cm³/mol. The zero-order valence-electron chi connectivity index (χ0n) is 11.7. The Kier molecular flexibility index (Phi) is 5.44. The van der Waals surface area contributed by atoms with Gasteiger partial charge in [0, 0.05) is 10.9 Å². The highest BCUT2D eigenvalue weighted by atomic mass is 32.1. The minimum Gasteiger partial charge on any atom is -0.321 e. The zero-order chi connectivity index (χ0) is 14.4. The fraction of sp³-hybridized carbons (Fsp3) is 0.375. The zero-order valence-corrected chi connectivity index (χ0v) is 12.5. The first kappa shape index (κ1) is 14.9. The normalized spacial score (nSPS) is 12.3. The monoisotopic (exact) mass is 288 g/mol. The Balaban J connectivity index is 1.98. The smallest absolute Gasteiger partial charge is 0.156 e. The van der Waals surface area contributed by atoms with Gasteiger partial charge in [-0.1, -0.05) is 50.1 Å². The van der Waals surface area contributed by atoms with E-state index in [2.05, 4.69) is 11.9 Å². The van der Waals surface area contributed by atoms with Gasteiger partial charge in [-0.05, 0) is 6.42 Å². The molecule has 0 radical (unpaired) electrons. The highest BCUT2D eigenvalue weighted by Crippen LogP contribution is 2.22. The van der Waals surface area contributed by atoms with Crippen molar-refractivity contribution in [3.05, 3.63) is 40.7 Å². The van der Waals surface area contributed by atoms with Crippen LogP contribution in [0.3, 0.4) is 0 Å². The molecule has 0 amide bonds. The Morgan fingerprint density at radius 2 is 2.10 bits per heavy atom. The van der Waals surface area contributed by atoms with E-state index in [-0.39, 0.29) is 11.8 Å². The Morgan fingerprint density at radius 3 is 2.80 bits per heavy atom. The number of hydrogen-bond donors (Lipinski definition) is 1. The summed E-state index contributed by atoms with van der Waals surface area (Å²) in [5.74, 6) is 0.0902. The lowest BCUT2D eigenvalue weighted by molar-refractivity contribution is -0.119. The third kappa shape index (κ3) is 3.99. The first-order chi connectivity index (χ1) is 9.70. The lowest BCUT2D eigenvalue weighted by Gasteiger charge is -2.08. The van der Waals surface area contributed by atoms with Crippen molar-refractivity contribution in [1.29, 1.82) is 0 Å². The van der Waals surface area contributed by atoms with Crippen LogP contribution in [0.1, 0.15) is 31.2 Å². The van der Waals surface area contributed by atoms with E-state index in [4.69, 9.17) is 5.73 Å². The Hall–Kier alpha value is -1.52. The van der Waals surface area contributed by atoms with E-state index in [1.807, 2.05) is 35.7 Å². The Bertz CT molecular complexity index is 551. The molecule has 4 heteroatoms. The molecule has 0 aliphatic heterocycles. The maximum Gasteiger partial charge on any atom is 0.156 e. The van der Waals surface area contributed by atoms with E-state index in [0.29, 0.717) is 6.42 Å². The highest BCUT2D eigenvalue weighted by Gasteiger charge is 2.15. The van der Waals surface area contributed by atoms with E-state index in [9.17, 15) is 4.79 Å². The maximum atomic E-state index is 12.0. The van der Waals surface area contributed by atoms with E-state index >= 15 is 0 Å². The number of nitrogens with two attached hydrogens (primary N) is 1. The molecule has 20 heavy (non-hydrogen) atoms. The van der Waals surface area contributed by atoms with Crippen molar-refractivity contribution < 1.29 is 4.79 Å². The van der Waals surface area contributed by atoms with Crippen LogP contribution in [0, 0.1) is 0 Å². The minimum absolute atomic E-state index is 0.0902. The van der Waals surface area contributed by atoms with E-state index in [0.717, 1.165) is 35.5 Å². The fourth-order valence-corrected chi connectivity index (χ4v) is 2.81. The van der Waals surface area contributed by atoms with Crippen molar-refractivity contribution in [2.75, 3.05) is 0 Å². The number of carbonyl (C=O) groups excluding carboxylic acids is 1. The molecule has 1 aromatic heterocycles. The summed E-state index contributed by atoms with van der Waals surface area (Å²) in [4.78, 5) is 16.5. The molecule has 0 aliphatic rings. The largest absolute Gasteiger partial charge is 0.321 e. The van der Waals surface area contributed by atoms with Crippen molar-refractivity contribution >= 4 is 17.1 Å². The van der Waals surface area contributed by atoms with Crippen LogP contribution in [0.2, 0.25) is 0 Å². The van der Waals surface area contributed by atoms with Crippen LogP contribution in [-0.2, 0) is 11.2 Å². The van der Waals surface area contributed by atoms with Gasteiger partial charge in [-0.15, -0.1) is 11.3 Å². The topological polar surface area (TPSA) is 56.0 Å². The van der Waals surface area contributed by atoms with Gasteiger partial charge in [0.15, 0.2) is 5.78 Å². The molecular weight excluding hydrogens is 268 g/mol. The lowest BCUT2D eigenvalue weighted by atomic mass is 10.0. The summed E-state index contributed by atoms with van der Waals surface area (Å²) in [7, 11) is 0. The van der Waals surface area contributed by atoms with Crippen LogP contribution in [0.4, 0.5) is 0 Å². The van der Waals surface area contributed by atoms with Gasteiger partial charge in [0.2, 0.25) is 0 Å². The van der Waals surface area contributed by atoms with Crippen LogP contribution in [0.15, 0.2) is 35.7 Å². The summed E-state index contributed by atoms with van der Waals surface area (Å²) < 4.78 is 0. The van der Waals surface area contributed by atoms with Crippen LogP contribution >= 0.6 is 11.3 Å². The van der Waals surface area contributed by atoms with Crippen molar-refractivity contribution in [3.63, 3.8) is 0 Å². The Morgan fingerprint density at radius 1 is 1.35 bits per heavy atom. The van der Waals surface area contributed by atoms with Gasteiger partial charge in [-0.3, -0.25) is 4.79 Å². The van der Waals surface area contributed by atoms with Gasteiger partial charge >= 0.3 is 0 Å². The number of hydrogen-bond acceptors (Lipinski definition) is 4. The van der Waals surface area contributed by atoms with Crippen molar-refractivity contribution in [2.45, 2.75) is 38.6 Å². The Labute approximate surface area is 123 Å². The van der Waals surface area contributed by atoms with Crippen molar-refractivity contribution in [3.8, 4) is 11.3 Å². The number of Topliss-reactive ketones (excluding diaryl/α,β-unsaturated/α-hetero) is 1. The third-order valence-electron chi connectivity index (χ3n) is 3.23. The summed E-state index contributed by atoms with van der Waals surface area (Å²) in [6.07, 6.45) is 3.19. The standard InChI is InChI=1S/C16H20N2OS/c1-2-3-9-13(17)15(19)10-16-18-14(11-20-16)12-7-5-4-6-8-12/h4-8,11,13H,2-3,9-10,17H2,1H3/t13-/m0/s1. The fourth-order valence-electron chi connectivity index (χ4n) is 2.00. The maximum absolute atomic E-state index is 12.0. The number of ketones is 1. The summed E-state index contributed by atoms with van der Waals surface area (Å²) in [5, 5.41) is 2.84. The van der Waals surface area contributed by atoms with Crippen LogP contribution in [0.25, 0.3) is 11.3 Å². The van der Waals surface area contributed by atoms with Gasteiger partial charge in [-0.2, -0.15) is 0 Å². The van der Waals surface area contributed by atoms with Gasteiger partial charge in [-0.25, -0.2) is 4.98 Å². The average molecular weight is 288 g/mol. The first-order valence-corrected chi connectivity index (χ1v) is 7.86. The van der Waals surface area contributed by atoms with Crippen molar-refractivity contribution in [2.24, 2.45) is 5.73 Å². The predicted octanol–water partition coefficient (Wildman–Crippen LogP) is 3.44. The number of nitrogens with zero attached hydrogens (tertiary/aromatic N) is 1. The number of thiazole rings is 1. The molecule has 0 fully saturated rings. The van der Waals surface area contributed by atoms with Crippen LogP contribution in [0.5, 0.6) is 0 Å². The summed E-state index contributed by atoms with van der Waals surface area (Å²) in [6.45, 7) is 2.10. The molecule has 2 aromatic rings. The summed E-state index contributed by atoms with van der Waals surface area (Å²) in [6, 6.07) is 9.65. The molecule has 0 saturated heterocycles. The van der Waals surface area contributed by atoms with Gasteiger partial charge in [0.05, 0.1) is 18.2 Å². The molecule has 0 unspecified atom stereocenters. The third-order valence-corrected chi connectivity index (χ3v) is 4.08. The second kappa shape index (κ2) is 7.31. The van der Waals surface area contributed by atoms with E-state index in [1.165, 1.54) is 11.3 Å². The number of aromatic nitrogens is 1. The SMILES string of the molecule is CCCC[C@H](N)C(=O)Cc1nc(-c2ccccc2)cs1. The number of rotatable bonds is 7. The van der Waals surface area contributed by atoms with Gasteiger partial charge in [0.25, 0.3) is 0 Å². The quantitative estimate of drug-likeness (QED) is 0.849. The molecule has 0 bridgehead atoms. The second-order valence-electron chi connectivity index (χ2n) is 4.88. The van der Waals surface area contributed by atoms with Crippen molar-refractivity contribution in [1.82, 2.24) is 4.98 Å². The molecule has 2 rings (SSSR count). The molecule has 0 saturated carbocycles. The number of unbranched alkanes of at least 4 members (excludes halogenated alkanes) is 1. The van der Waals surface area contributed by atoms with Crippen LogP contribution in [-0.4, -0.2) is 16.8 Å². The molecule has 106 valence electrons. The molecule has 1 aromatic carbocycles. The number of carbonyl (C=O) groups is 1. The molecule has 0 spiro atoms. The van der Waals surface area contributed by atoms with Crippen LogP contribution < -0.4 is 5.73 Å². The molecule has 1 heterocycles. The molecule has 2 N–H and O–H groups in total. The second-order valence-corrected chi connectivity index (χ2v) is 5.83. The molecule has 0 aliphatic carbocycles. The van der Waals surface area contributed by atoms with Gasteiger partial charge in [0.1, 0.15) is 5.01 Å².